The van der Waals surface area contributed by atoms with Crippen LogP contribution in [0.1, 0.15) is 40.0 Å². The van der Waals surface area contributed by atoms with E-state index in [0.29, 0.717) is 11.4 Å². The number of nitrogen functional groups attached to an aromatic ring is 2. The average Bonchev–Trinajstić information content (AvgIpc) is 4.02. The van der Waals surface area contributed by atoms with Crippen LogP contribution in [0.2, 0.25) is 0 Å². The van der Waals surface area contributed by atoms with Gasteiger partial charge in [-0.15, -0.1) is 0 Å². The molecular formula is C41H36N4O11. The predicted octanol–water partition coefficient (Wildman–Crippen LogP) is 3.07. The molecule has 56 heavy (non-hydrogen) atoms. The van der Waals surface area contributed by atoms with E-state index in [2.05, 4.69) is 4.74 Å². The second-order valence-corrected chi connectivity index (χ2v) is 16.0. The predicted molar refractivity (Wildman–Crippen MR) is 195 cm³/mol. The lowest BCUT2D eigenvalue weighted by Gasteiger charge is -2.22. The zero-order valence-corrected chi connectivity index (χ0v) is 29.6. The van der Waals surface area contributed by atoms with E-state index in [0.717, 1.165) is 29.1 Å². The molecule has 15 nitrogen and oxygen atoms in total. The number of rotatable bonds is 4. The molecule has 2 aromatic rings. The molecule has 6 N–H and O–H groups in total. The molecule has 4 amide bonds. The number of carboxylic acids is 2. The van der Waals surface area contributed by atoms with Crippen molar-refractivity contribution in [1.29, 1.82) is 0 Å². The van der Waals surface area contributed by atoms with Gasteiger partial charge in [-0.1, -0.05) is 36.5 Å². The van der Waals surface area contributed by atoms with Gasteiger partial charge < -0.3 is 26.4 Å². The summed E-state index contributed by atoms with van der Waals surface area (Å²) in [6.45, 7) is 0. The number of benzene rings is 2. The minimum Gasteiger partial charge on any atom is -0.478 e. The number of carbonyl (C=O) groups is 8. The number of imide groups is 2. The summed E-state index contributed by atoms with van der Waals surface area (Å²) in [6.07, 6.45) is 14.6. The van der Waals surface area contributed by atoms with Crippen LogP contribution < -0.4 is 21.3 Å². The van der Waals surface area contributed by atoms with E-state index < -0.39 is 35.6 Å². The lowest BCUT2D eigenvalue weighted by Crippen LogP contribution is -2.35. The van der Waals surface area contributed by atoms with Crippen molar-refractivity contribution in [3.8, 4) is 0 Å². The first-order valence-corrected chi connectivity index (χ1v) is 18.6. The van der Waals surface area contributed by atoms with Crippen molar-refractivity contribution >= 4 is 70.3 Å². The number of fused-ring (bicyclic) bond motifs is 15. The summed E-state index contributed by atoms with van der Waals surface area (Å²) >= 11 is 0. The zero-order chi connectivity index (χ0) is 39.5. The van der Waals surface area contributed by atoms with Gasteiger partial charge in [-0.2, -0.15) is 0 Å². The Labute approximate surface area is 318 Å². The maximum absolute atomic E-state index is 13.3. The Morgan fingerprint density at radius 3 is 1.11 bits per heavy atom. The Bertz CT molecular complexity index is 2100. The average molecular weight is 761 g/mol. The Morgan fingerprint density at radius 2 is 0.786 bits per heavy atom. The van der Waals surface area contributed by atoms with Crippen LogP contribution in [0.4, 0.5) is 22.7 Å². The van der Waals surface area contributed by atoms with Crippen molar-refractivity contribution in [2.75, 3.05) is 21.3 Å². The van der Waals surface area contributed by atoms with Gasteiger partial charge in [0.2, 0.25) is 23.6 Å². The monoisotopic (exact) mass is 760 g/mol. The highest BCUT2D eigenvalue weighted by atomic mass is 16.6. The fraction of sp³-hybridized carbons (Fsp3) is 0.366. The smallest absolute Gasteiger partial charge is 0.335 e. The van der Waals surface area contributed by atoms with Crippen molar-refractivity contribution in [2.24, 2.45) is 71.0 Å². The van der Waals surface area contributed by atoms with Gasteiger partial charge in [0.1, 0.15) is 0 Å². The molecule has 0 aromatic heterocycles. The molecular weight excluding hydrogens is 724 g/mol. The van der Waals surface area contributed by atoms with Gasteiger partial charge in [0.15, 0.2) is 0 Å². The minimum atomic E-state index is -1.26. The molecule has 0 radical (unpaired) electrons. The molecule has 286 valence electrons. The third-order valence-electron chi connectivity index (χ3n) is 13.0. The second kappa shape index (κ2) is 12.6. The molecule has 3 saturated heterocycles. The zero-order valence-electron chi connectivity index (χ0n) is 29.6. The van der Waals surface area contributed by atoms with Gasteiger partial charge in [0.25, 0.3) is 0 Å². The number of cyclic esters (lactones) is 2. The molecule has 12 atom stereocenters. The van der Waals surface area contributed by atoms with E-state index in [9.17, 15) is 43.5 Å². The van der Waals surface area contributed by atoms with Crippen LogP contribution in [0.3, 0.4) is 0 Å². The second-order valence-electron chi connectivity index (χ2n) is 16.0. The van der Waals surface area contributed by atoms with Crippen LogP contribution in [0, 0.1) is 71.0 Å². The Hall–Kier alpha value is -6.38. The highest BCUT2D eigenvalue weighted by molar-refractivity contribution is 6.25. The molecule has 15 heteroatoms. The van der Waals surface area contributed by atoms with Gasteiger partial charge >= 0.3 is 23.9 Å². The first-order valence-electron chi connectivity index (χ1n) is 18.6. The highest BCUT2D eigenvalue weighted by Gasteiger charge is 2.62. The number of nitrogens with zero attached hydrogens (tertiary/aromatic N) is 2. The molecule has 6 bridgehead atoms. The standard InChI is InChI=1S/C25H20N2O6.C9H8O3.C7H8N2O2/c28-21-17-10-1-2-11(5-10)18(17)22(29)26(21)15-7-14(25(32)33)8-16(9-15)27-23(30)19-12-3-4-13(6-12)20(19)24(27)31;10-8-6-4-1-2-5(3-4)7(6)9(11)12-8;8-5-1-4(7(10)11)2-6(9)3-5/h1-4,7-13,17-20H,5-6H2,(H,32,33);1-2,4-7H,3H2;1-3H,8-9H2,(H,10,11). The van der Waals surface area contributed by atoms with Crippen molar-refractivity contribution in [2.45, 2.75) is 19.3 Å². The molecule has 9 aliphatic rings. The van der Waals surface area contributed by atoms with Crippen LogP contribution >= 0.6 is 0 Å². The van der Waals surface area contributed by atoms with E-state index in [-0.39, 0.29) is 105 Å². The maximum Gasteiger partial charge on any atom is 0.335 e. The number of hydrogen-bond donors (Lipinski definition) is 4. The van der Waals surface area contributed by atoms with Crippen molar-refractivity contribution < 1.29 is 53.3 Å². The molecule has 0 spiro atoms. The number of ether oxygens (including phenoxy) is 1. The van der Waals surface area contributed by atoms with Crippen molar-refractivity contribution in [1.82, 2.24) is 0 Å². The van der Waals surface area contributed by atoms with Crippen LogP contribution in [-0.2, 0) is 33.5 Å². The van der Waals surface area contributed by atoms with Crippen LogP contribution in [-0.4, -0.2) is 57.7 Å². The number of anilines is 4. The van der Waals surface area contributed by atoms with Gasteiger partial charge in [-0.3, -0.25) is 28.8 Å². The van der Waals surface area contributed by atoms with E-state index in [1.165, 1.54) is 36.4 Å². The highest BCUT2D eigenvalue weighted by Crippen LogP contribution is 2.55. The normalized spacial score (nSPS) is 35.4. The summed E-state index contributed by atoms with van der Waals surface area (Å²) in [7, 11) is 0. The largest absolute Gasteiger partial charge is 0.478 e. The van der Waals surface area contributed by atoms with E-state index in [1.54, 1.807) is 0 Å². The number of aromatic carboxylic acids is 2. The summed E-state index contributed by atoms with van der Waals surface area (Å²) in [5.74, 6) is -5.63. The fourth-order valence-electron chi connectivity index (χ4n) is 10.8. The van der Waals surface area contributed by atoms with Crippen LogP contribution in [0.5, 0.6) is 0 Å². The number of hydrogen-bond acceptors (Lipinski definition) is 11. The summed E-state index contributed by atoms with van der Waals surface area (Å²) in [5, 5.41) is 18.2. The molecule has 3 aliphatic heterocycles. The quantitative estimate of drug-likeness (QED) is 0.115. The molecule has 6 aliphatic carbocycles. The first kappa shape index (κ1) is 35.3. The minimum absolute atomic E-state index is 0.0210. The Balaban J connectivity index is 0.000000145. The van der Waals surface area contributed by atoms with Crippen molar-refractivity contribution in [3.63, 3.8) is 0 Å². The third kappa shape index (κ3) is 5.23. The van der Waals surface area contributed by atoms with Crippen LogP contribution in [0.25, 0.3) is 0 Å². The van der Waals surface area contributed by atoms with E-state index in [4.69, 9.17) is 16.6 Å². The van der Waals surface area contributed by atoms with E-state index in [1.807, 2.05) is 36.5 Å². The summed E-state index contributed by atoms with van der Waals surface area (Å²) in [6, 6.07) is 8.21. The maximum atomic E-state index is 13.3. The van der Waals surface area contributed by atoms with Gasteiger partial charge in [0.05, 0.1) is 58.0 Å². The molecule has 3 saturated carbocycles. The van der Waals surface area contributed by atoms with Crippen LogP contribution in [0.15, 0.2) is 72.9 Å². The molecule has 3 heterocycles. The number of carboxylic acid groups (broad SMARTS) is 2. The Morgan fingerprint density at radius 1 is 0.482 bits per heavy atom. The summed E-state index contributed by atoms with van der Waals surface area (Å²) in [5.41, 5.74) is 11.6. The number of amides is 4. The van der Waals surface area contributed by atoms with E-state index >= 15 is 0 Å². The molecule has 6 fully saturated rings. The lowest BCUT2D eigenvalue weighted by molar-refractivity contribution is -0.154. The number of allylic oxidation sites excluding steroid dienone is 6. The molecule has 11 rings (SSSR count). The Kier molecular flexibility index (Phi) is 7.94. The molecule has 12 unspecified atom stereocenters. The lowest BCUT2D eigenvalue weighted by atomic mass is 9.85. The van der Waals surface area contributed by atoms with Gasteiger partial charge in [0, 0.05) is 11.4 Å². The van der Waals surface area contributed by atoms with Crippen molar-refractivity contribution in [3.05, 3.63) is 84.0 Å². The number of carbonyl (C=O) groups excluding carboxylic acids is 6. The number of nitrogens with two attached hydrogens (primary N) is 2. The third-order valence-corrected chi connectivity index (χ3v) is 13.0. The summed E-state index contributed by atoms with van der Waals surface area (Å²) in [4.78, 5) is 99.8. The SMILES string of the molecule is Nc1cc(N)cc(C(=O)O)c1.O=C(O)c1cc(N2C(=O)C3C4C=CC(C4)C3C2=O)cc(N2C(=O)C3C4C=CC(C4)C3C2=O)c1.O=C1OC(=O)C2C3C=CC(C3)C12. The first-order chi connectivity index (χ1) is 26.7. The summed E-state index contributed by atoms with van der Waals surface area (Å²) < 4.78 is 4.59. The fourth-order valence-corrected chi connectivity index (χ4v) is 10.8. The van der Waals surface area contributed by atoms with Gasteiger partial charge in [-0.25, -0.2) is 19.4 Å². The van der Waals surface area contributed by atoms with Gasteiger partial charge in [-0.05, 0) is 91.2 Å². The molecule has 2 aromatic carbocycles. The number of esters is 2. The topological polar surface area (TPSA) is 245 Å².